The molecule has 1 heterocycles. The van der Waals surface area contributed by atoms with E-state index in [1.54, 1.807) is 4.90 Å². The predicted molar refractivity (Wildman–Crippen MR) is 111 cm³/mol. The van der Waals surface area contributed by atoms with Crippen molar-refractivity contribution < 1.29 is 14.3 Å². The van der Waals surface area contributed by atoms with Crippen molar-refractivity contribution in [3.63, 3.8) is 0 Å². The van der Waals surface area contributed by atoms with E-state index in [1.165, 1.54) is 5.56 Å². The summed E-state index contributed by atoms with van der Waals surface area (Å²) < 4.78 is 5.43. The molecule has 6 nitrogen and oxygen atoms in total. The number of piperidine rings is 1. The number of amides is 2. The van der Waals surface area contributed by atoms with Crippen molar-refractivity contribution in [2.45, 2.75) is 51.7 Å². The van der Waals surface area contributed by atoms with E-state index < -0.39 is 5.60 Å². The van der Waals surface area contributed by atoms with Gasteiger partial charge in [0.25, 0.3) is 0 Å². The zero-order valence-electron chi connectivity index (χ0n) is 17.9. The molecule has 6 heteroatoms. The normalized spacial score (nSPS) is 16.7. The Balaban J connectivity index is 1.76. The van der Waals surface area contributed by atoms with Crippen LogP contribution in [0.25, 0.3) is 0 Å². The van der Waals surface area contributed by atoms with Crippen molar-refractivity contribution in [1.82, 2.24) is 15.1 Å². The van der Waals surface area contributed by atoms with Gasteiger partial charge in [-0.15, -0.1) is 0 Å². The number of carbonyl (C=O) groups excluding carboxylic acids is 2. The summed E-state index contributed by atoms with van der Waals surface area (Å²) in [6.45, 7) is 7.51. The van der Waals surface area contributed by atoms with Gasteiger partial charge in [0.05, 0.1) is 6.04 Å². The third-order valence-corrected chi connectivity index (χ3v) is 5.04. The molecule has 1 N–H and O–H groups in total. The molecular formula is C22H35N3O3. The summed E-state index contributed by atoms with van der Waals surface area (Å²) in [5.74, 6) is 0.395. The average molecular weight is 390 g/mol. The third-order valence-electron chi connectivity index (χ3n) is 5.04. The maximum absolute atomic E-state index is 12.4. The second-order valence-corrected chi connectivity index (χ2v) is 8.81. The van der Waals surface area contributed by atoms with Crippen molar-refractivity contribution in [1.29, 1.82) is 0 Å². The highest BCUT2D eigenvalue weighted by molar-refractivity contribution is 5.76. The molecule has 0 spiro atoms. The minimum absolute atomic E-state index is 0.0819. The Bertz CT molecular complexity index is 632. The Hall–Kier alpha value is -2.08. The summed E-state index contributed by atoms with van der Waals surface area (Å²) in [5.41, 5.74) is 0.716. The first-order valence-corrected chi connectivity index (χ1v) is 10.1. The fourth-order valence-electron chi connectivity index (χ4n) is 3.46. The molecule has 1 aliphatic rings. The van der Waals surface area contributed by atoms with Crippen LogP contribution < -0.4 is 5.32 Å². The Morgan fingerprint density at radius 1 is 1.18 bits per heavy atom. The topological polar surface area (TPSA) is 61.9 Å². The van der Waals surface area contributed by atoms with Crippen molar-refractivity contribution >= 4 is 12.0 Å². The van der Waals surface area contributed by atoms with E-state index in [0.29, 0.717) is 32.0 Å². The highest BCUT2D eigenvalue weighted by atomic mass is 16.6. The lowest BCUT2D eigenvalue weighted by atomic mass is 9.93. The molecule has 1 atom stereocenters. The predicted octanol–water partition coefficient (Wildman–Crippen LogP) is 3.44. The van der Waals surface area contributed by atoms with Gasteiger partial charge in [0.1, 0.15) is 5.60 Å². The molecule has 1 saturated heterocycles. The van der Waals surface area contributed by atoms with Gasteiger partial charge >= 0.3 is 6.09 Å². The summed E-state index contributed by atoms with van der Waals surface area (Å²) in [5, 5.41) is 3.09. The largest absolute Gasteiger partial charge is 0.444 e. The molecule has 0 aromatic heterocycles. The fourth-order valence-corrected chi connectivity index (χ4v) is 3.46. The van der Waals surface area contributed by atoms with Crippen LogP contribution in [0, 0.1) is 5.92 Å². The summed E-state index contributed by atoms with van der Waals surface area (Å²) in [4.78, 5) is 28.4. The van der Waals surface area contributed by atoms with Gasteiger partial charge in [-0.2, -0.15) is 0 Å². The quantitative estimate of drug-likeness (QED) is 0.810. The van der Waals surface area contributed by atoms with Crippen LogP contribution in [-0.2, 0) is 9.53 Å². The van der Waals surface area contributed by atoms with Crippen LogP contribution in [0.15, 0.2) is 30.3 Å². The van der Waals surface area contributed by atoms with Crippen LogP contribution in [0.3, 0.4) is 0 Å². The highest BCUT2D eigenvalue weighted by Gasteiger charge is 2.28. The van der Waals surface area contributed by atoms with Gasteiger partial charge in [0, 0.05) is 26.1 Å². The molecule has 0 aliphatic carbocycles. The smallest absolute Gasteiger partial charge is 0.410 e. The minimum atomic E-state index is -0.477. The number of nitrogens with one attached hydrogen (secondary N) is 1. The van der Waals surface area contributed by atoms with Gasteiger partial charge in [-0.25, -0.2) is 4.79 Å². The Kier molecular flexibility index (Phi) is 7.87. The summed E-state index contributed by atoms with van der Waals surface area (Å²) >= 11 is 0. The van der Waals surface area contributed by atoms with E-state index in [1.807, 2.05) is 53.1 Å². The van der Waals surface area contributed by atoms with E-state index in [4.69, 9.17) is 4.74 Å². The first kappa shape index (κ1) is 22.2. The van der Waals surface area contributed by atoms with Gasteiger partial charge in [-0.3, -0.25) is 4.79 Å². The lowest BCUT2D eigenvalue weighted by Gasteiger charge is -2.33. The number of likely N-dealkylation sites (N-methyl/N-ethyl adjacent to an activating group) is 1. The molecule has 0 saturated carbocycles. The molecule has 1 unspecified atom stereocenters. The zero-order valence-corrected chi connectivity index (χ0v) is 17.9. The highest BCUT2D eigenvalue weighted by Crippen LogP contribution is 2.22. The van der Waals surface area contributed by atoms with Crippen molar-refractivity contribution in [2.75, 3.05) is 33.7 Å². The molecule has 0 radical (unpaired) electrons. The van der Waals surface area contributed by atoms with Gasteiger partial charge in [0.2, 0.25) is 5.91 Å². The van der Waals surface area contributed by atoms with E-state index in [-0.39, 0.29) is 18.0 Å². The van der Waals surface area contributed by atoms with E-state index in [2.05, 4.69) is 22.3 Å². The van der Waals surface area contributed by atoms with Crippen molar-refractivity contribution in [3.8, 4) is 0 Å². The van der Waals surface area contributed by atoms with E-state index in [0.717, 1.165) is 12.8 Å². The number of rotatable bonds is 6. The van der Waals surface area contributed by atoms with E-state index >= 15 is 0 Å². The second kappa shape index (κ2) is 9.92. The molecule has 1 aromatic rings. The van der Waals surface area contributed by atoms with Crippen LogP contribution in [0.4, 0.5) is 4.79 Å². The Morgan fingerprint density at radius 3 is 2.32 bits per heavy atom. The molecule has 0 bridgehead atoms. The summed E-state index contributed by atoms with van der Waals surface area (Å²) in [7, 11) is 4.05. The number of nitrogens with zero attached hydrogens (tertiary/aromatic N) is 2. The van der Waals surface area contributed by atoms with Crippen LogP contribution in [0.5, 0.6) is 0 Å². The SMILES string of the molecule is CN(C)C(CNC(=O)CC1CCN(C(=O)OC(C)(C)C)CC1)c1ccccc1. The zero-order chi connectivity index (χ0) is 20.7. The van der Waals surface area contributed by atoms with Crippen LogP contribution in [-0.4, -0.2) is 61.1 Å². The van der Waals surface area contributed by atoms with Crippen LogP contribution >= 0.6 is 0 Å². The molecule has 1 aromatic carbocycles. The van der Waals surface area contributed by atoms with Gasteiger partial charge in [0.15, 0.2) is 0 Å². The van der Waals surface area contributed by atoms with Gasteiger partial charge in [-0.1, -0.05) is 30.3 Å². The number of carbonyl (C=O) groups is 2. The molecule has 28 heavy (non-hydrogen) atoms. The molecule has 1 fully saturated rings. The number of benzene rings is 1. The lowest BCUT2D eigenvalue weighted by molar-refractivity contribution is -0.122. The van der Waals surface area contributed by atoms with Crippen LogP contribution in [0.2, 0.25) is 0 Å². The standard InChI is InChI=1S/C22H35N3O3/c1-22(2,3)28-21(27)25-13-11-17(12-14-25)15-20(26)23-16-19(24(4)5)18-9-7-6-8-10-18/h6-10,17,19H,11-16H2,1-5H3,(H,23,26). The fraction of sp³-hybridized carbons (Fsp3) is 0.636. The monoisotopic (exact) mass is 389 g/mol. The molecule has 2 rings (SSSR count). The number of likely N-dealkylation sites (tertiary alicyclic amines) is 1. The van der Waals surface area contributed by atoms with E-state index in [9.17, 15) is 9.59 Å². The first-order chi connectivity index (χ1) is 13.2. The average Bonchev–Trinajstić information content (AvgIpc) is 2.61. The number of ether oxygens (including phenoxy) is 1. The summed E-state index contributed by atoms with van der Waals surface area (Å²) in [6, 6.07) is 10.4. The van der Waals surface area contributed by atoms with Gasteiger partial charge < -0.3 is 19.9 Å². The van der Waals surface area contributed by atoms with Crippen LogP contribution in [0.1, 0.15) is 51.6 Å². The molecule has 1 aliphatic heterocycles. The van der Waals surface area contributed by atoms with Crippen molar-refractivity contribution in [2.24, 2.45) is 5.92 Å². The Morgan fingerprint density at radius 2 is 1.79 bits per heavy atom. The third kappa shape index (κ3) is 7.15. The van der Waals surface area contributed by atoms with Crippen molar-refractivity contribution in [3.05, 3.63) is 35.9 Å². The minimum Gasteiger partial charge on any atom is -0.444 e. The Labute approximate surface area is 169 Å². The molecule has 156 valence electrons. The maximum Gasteiger partial charge on any atom is 0.410 e. The maximum atomic E-state index is 12.4. The van der Waals surface area contributed by atoms with Gasteiger partial charge in [-0.05, 0) is 59.2 Å². The number of hydrogen-bond donors (Lipinski definition) is 1. The summed E-state index contributed by atoms with van der Waals surface area (Å²) in [6.07, 6.45) is 1.93. The molecular weight excluding hydrogens is 354 g/mol. The lowest BCUT2D eigenvalue weighted by Crippen LogP contribution is -2.42. The second-order valence-electron chi connectivity index (χ2n) is 8.81. The number of hydrogen-bond acceptors (Lipinski definition) is 4. The first-order valence-electron chi connectivity index (χ1n) is 10.1. The molecule has 2 amide bonds.